The van der Waals surface area contributed by atoms with Gasteiger partial charge < -0.3 is 10.1 Å². The number of nitro benzene ring substituents is 1. The molecule has 3 rings (SSSR count). The third-order valence-corrected chi connectivity index (χ3v) is 5.82. The predicted molar refractivity (Wildman–Crippen MR) is 108 cm³/mol. The third-order valence-electron chi connectivity index (χ3n) is 3.85. The van der Waals surface area contributed by atoms with Gasteiger partial charge in [0.05, 0.1) is 20.7 Å². The number of thiophene rings is 1. The number of benzene rings is 2. The summed E-state index contributed by atoms with van der Waals surface area (Å²) in [5.41, 5.74) is -0.261. The topological polar surface area (TPSA) is 98.5 Å². The zero-order valence-corrected chi connectivity index (χ0v) is 16.9. The number of hydrogen-bond donors (Lipinski definition) is 1. The number of nitrogens with zero attached hydrogens (tertiary/aromatic N) is 1. The van der Waals surface area contributed by atoms with Crippen LogP contribution in [-0.4, -0.2) is 22.9 Å². The van der Waals surface area contributed by atoms with E-state index in [9.17, 15) is 24.1 Å². The van der Waals surface area contributed by atoms with Gasteiger partial charge in [-0.25, -0.2) is 9.18 Å². The van der Waals surface area contributed by atoms with Crippen LogP contribution in [0.25, 0.3) is 10.1 Å². The largest absolute Gasteiger partial charge is 0.448 e. The molecule has 0 fully saturated rings. The number of non-ortho nitro benzene ring substituents is 1. The van der Waals surface area contributed by atoms with E-state index in [0.29, 0.717) is 10.1 Å². The molecule has 0 bridgehead atoms. The highest BCUT2D eigenvalue weighted by molar-refractivity contribution is 7.21. The molecule has 1 atom stereocenters. The van der Waals surface area contributed by atoms with Crippen molar-refractivity contribution in [2.45, 2.75) is 13.0 Å². The van der Waals surface area contributed by atoms with Crippen LogP contribution in [0.3, 0.4) is 0 Å². The Balaban J connectivity index is 1.75. The standard InChI is InChI=1S/C18H11Cl2FN2O5S/c1-8(17(24)22-13-7-10(23(26)27)3-5-12(13)19)28-18(25)16-15(20)11-4-2-9(21)6-14(11)29-16/h2-8H,1H3,(H,22,24). The fourth-order valence-corrected chi connectivity index (χ4v) is 3.98. The number of carbonyl (C=O) groups is 2. The van der Waals surface area contributed by atoms with E-state index in [2.05, 4.69) is 5.32 Å². The zero-order valence-electron chi connectivity index (χ0n) is 14.6. The lowest BCUT2D eigenvalue weighted by molar-refractivity contribution is -0.384. The molecule has 29 heavy (non-hydrogen) atoms. The molecule has 3 aromatic rings. The number of ether oxygens (including phenoxy) is 1. The molecule has 0 saturated heterocycles. The Bertz CT molecular complexity index is 1150. The number of anilines is 1. The lowest BCUT2D eigenvalue weighted by atomic mass is 10.2. The van der Waals surface area contributed by atoms with Crippen LogP contribution in [0.1, 0.15) is 16.6 Å². The molecule has 0 saturated carbocycles. The second-order valence-electron chi connectivity index (χ2n) is 5.84. The second kappa shape index (κ2) is 8.32. The highest BCUT2D eigenvalue weighted by atomic mass is 35.5. The molecule has 1 heterocycles. The molecule has 150 valence electrons. The van der Waals surface area contributed by atoms with Gasteiger partial charge >= 0.3 is 5.97 Å². The van der Waals surface area contributed by atoms with Crippen LogP contribution in [0.4, 0.5) is 15.8 Å². The van der Waals surface area contributed by atoms with E-state index in [0.717, 1.165) is 17.4 Å². The van der Waals surface area contributed by atoms with E-state index in [1.54, 1.807) is 0 Å². The molecule has 0 radical (unpaired) electrons. The van der Waals surface area contributed by atoms with Crippen LogP contribution >= 0.6 is 34.5 Å². The average molecular weight is 457 g/mol. The van der Waals surface area contributed by atoms with Gasteiger partial charge in [0.15, 0.2) is 6.10 Å². The fraction of sp³-hybridized carbons (Fsp3) is 0.111. The number of nitrogens with one attached hydrogen (secondary N) is 1. The molecule has 0 aliphatic rings. The molecule has 11 heteroatoms. The monoisotopic (exact) mass is 456 g/mol. The van der Waals surface area contributed by atoms with Crippen LogP contribution in [0.2, 0.25) is 10.0 Å². The zero-order chi connectivity index (χ0) is 21.3. The number of carbonyl (C=O) groups excluding carboxylic acids is 2. The quantitative estimate of drug-likeness (QED) is 0.313. The number of rotatable bonds is 5. The van der Waals surface area contributed by atoms with Crippen molar-refractivity contribution in [3.8, 4) is 0 Å². The highest BCUT2D eigenvalue weighted by Crippen LogP contribution is 2.36. The number of amides is 1. The molecule has 0 spiro atoms. The van der Waals surface area contributed by atoms with Gasteiger partial charge in [0, 0.05) is 22.2 Å². The maximum absolute atomic E-state index is 13.4. The second-order valence-corrected chi connectivity index (χ2v) is 7.68. The first-order valence-corrected chi connectivity index (χ1v) is 9.58. The summed E-state index contributed by atoms with van der Waals surface area (Å²) in [6.07, 6.45) is -1.25. The number of hydrogen-bond acceptors (Lipinski definition) is 6. The molecule has 1 unspecified atom stereocenters. The lowest BCUT2D eigenvalue weighted by Gasteiger charge is -2.14. The Morgan fingerprint density at radius 2 is 1.97 bits per heavy atom. The van der Waals surface area contributed by atoms with Crippen molar-refractivity contribution in [2.75, 3.05) is 5.32 Å². The minimum atomic E-state index is -1.25. The molecular formula is C18H11Cl2FN2O5S. The van der Waals surface area contributed by atoms with E-state index in [1.807, 2.05) is 0 Å². The van der Waals surface area contributed by atoms with Gasteiger partial charge in [-0.2, -0.15) is 0 Å². The van der Waals surface area contributed by atoms with Gasteiger partial charge in [-0.05, 0) is 31.2 Å². The summed E-state index contributed by atoms with van der Waals surface area (Å²) in [7, 11) is 0. The van der Waals surface area contributed by atoms with Gasteiger partial charge in [-0.15, -0.1) is 11.3 Å². The van der Waals surface area contributed by atoms with Crippen LogP contribution in [0, 0.1) is 15.9 Å². The number of nitro groups is 1. The summed E-state index contributed by atoms with van der Waals surface area (Å²) in [5, 5.41) is 13.9. The smallest absolute Gasteiger partial charge is 0.350 e. The Labute approximate surface area is 177 Å². The van der Waals surface area contributed by atoms with Crippen molar-refractivity contribution in [3.63, 3.8) is 0 Å². The van der Waals surface area contributed by atoms with E-state index in [-0.39, 0.29) is 26.3 Å². The Hall–Kier alpha value is -2.75. The SMILES string of the molecule is CC(OC(=O)c1sc2cc(F)ccc2c1Cl)C(=O)Nc1cc([N+](=O)[O-])ccc1Cl. The van der Waals surface area contributed by atoms with Crippen LogP contribution in [0.5, 0.6) is 0 Å². The minimum Gasteiger partial charge on any atom is -0.448 e. The first kappa shape index (κ1) is 21.0. The number of esters is 1. The van der Waals surface area contributed by atoms with Crippen LogP contribution < -0.4 is 5.32 Å². The van der Waals surface area contributed by atoms with E-state index in [1.165, 1.54) is 37.3 Å². The number of fused-ring (bicyclic) bond motifs is 1. The van der Waals surface area contributed by atoms with Gasteiger partial charge in [0.1, 0.15) is 10.7 Å². The van der Waals surface area contributed by atoms with Gasteiger partial charge in [-0.1, -0.05) is 23.2 Å². The molecule has 2 aromatic carbocycles. The van der Waals surface area contributed by atoms with E-state index >= 15 is 0 Å². The van der Waals surface area contributed by atoms with Crippen molar-refractivity contribution >= 4 is 67.9 Å². The van der Waals surface area contributed by atoms with Crippen molar-refractivity contribution in [1.82, 2.24) is 0 Å². The molecule has 1 aromatic heterocycles. The maximum Gasteiger partial charge on any atom is 0.350 e. The van der Waals surface area contributed by atoms with Crippen molar-refractivity contribution in [1.29, 1.82) is 0 Å². The van der Waals surface area contributed by atoms with Gasteiger partial charge in [-0.3, -0.25) is 14.9 Å². The molecule has 1 amide bonds. The van der Waals surface area contributed by atoms with Crippen molar-refractivity contribution < 1.29 is 23.6 Å². The summed E-state index contributed by atoms with van der Waals surface area (Å²) in [5.74, 6) is -2.08. The van der Waals surface area contributed by atoms with Gasteiger partial charge in [0.2, 0.25) is 0 Å². The average Bonchev–Trinajstić information content (AvgIpc) is 2.99. The molecule has 0 aliphatic heterocycles. The van der Waals surface area contributed by atoms with Crippen molar-refractivity contribution in [2.24, 2.45) is 0 Å². The number of halogens is 3. The molecule has 0 aliphatic carbocycles. The maximum atomic E-state index is 13.4. The van der Waals surface area contributed by atoms with Crippen molar-refractivity contribution in [3.05, 3.63) is 67.3 Å². The Kier molecular flexibility index (Phi) is 6.02. The predicted octanol–water partition coefficient (Wildman–Crippen LogP) is 5.44. The first-order valence-electron chi connectivity index (χ1n) is 8.00. The Morgan fingerprint density at radius 3 is 2.66 bits per heavy atom. The Morgan fingerprint density at radius 1 is 1.24 bits per heavy atom. The fourth-order valence-electron chi connectivity index (χ4n) is 2.39. The summed E-state index contributed by atoms with van der Waals surface area (Å²) >= 11 is 13.0. The lowest BCUT2D eigenvalue weighted by Crippen LogP contribution is -2.30. The third kappa shape index (κ3) is 4.47. The van der Waals surface area contributed by atoms with E-state index in [4.69, 9.17) is 27.9 Å². The minimum absolute atomic E-state index is 0.00383. The van der Waals surface area contributed by atoms with Gasteiger partial charge in [0.25, 0.3) is 11.6 Å². The normalized spacial score (nSPS) is 11.9. The summed E-state index contributed by atoms with van der Waals surface area (Å²) in [6, 6.07) is 7.45. The summed E-state index contributed by atoms with van der Waals surface area (Å²) in [6.45, 7) is 1.32. The molecule has 1 N–H and O–H groups in total. The molecule has 7 nitrogen and oxygen atoms in total. The molecular weight excluding hydrogens is 446 g/mol. The summed E-state index contributed by atoms with van der Waals surface area (Å²) < 4.78 is 18.9. The highest BCUT2D eigenvalue weighted by Gasteiger charge is 2.24. The first-order chi connectivity index (χ1) is 13.7. The summed E-state index contributed by atoms with van der Waals surface area (Å²) in [4.78, 5) is 35.0. The van der Waals surface area contributed by atoms with Crippen LogP contribution in [0.15, 0.2) is 36.4 Å². The van der Waals surface area contributed by atoms with Crippen LogP contribution in [-0.2, 0) is 9.53 Å². The van der Waals surface area contributed by atoms with E-state index < -0.39 is 28.7 Å².